The van der Waals surface area contributed by atoms with Crippen LogP contribution in [0.1, 0.15) is 90.4 Å². The van der Waals surface area contributed by atoms with Crippen molar-refractivity contribution in [2.45, 2.75) is 113 Å². The summed E-state index contributed by atoms with van der Waals surface area (Å²) in [4.78, 5) is 0. The summed E-state index contributed by atoms with van der Waals surface area (Å²) in [6, 6.07) is 11.2. The molecule has 0 aromatic heterocycles. The fraction of sp³-hybridized carbons (Fsp3) is 0.741. The maximum Gasteiger partial charge on any atom is 0.155 e. The quantitative estimate of drug-likeness (QED) is 0.399. The fourth-order valence-electron chi connectivity index (χ4n) is 7.08. The van der Waals surface area contributed by atoms with E-state index in [1.807, 2.05) is 0 Å². The van der Waals surface area contributed by atoms with Crippen LogP contribution in [-0.2, 0) is 0 Å². The molecule has 0 bridgehead atoms. The minimum absolute atomic E-state index is 0.150. The van der Waals surface area contributed by atoms with Crippen LogP contribution in [-0.4, -0.2) is 29.3 Å². The van der Waals surface area contributed by atoms with Gasteiger partial charge in [-0.2, -0.15) is 0 Å². The second-order valence-corrected chi connectivity index (χ2v) is 17.1. The van der Waals surface area contributed by atoms with E-state index in [2.05, 4.69) is 43.9 Å². The second kappa shape index (κ2) is 10.1. The Labute approximate surface area is 183 Å². The molecule has 4 rings (SSSR count). The van der Waals surface area contributed by atoms with Gasteiger partial charge >= 0.3 is 0 Å². The average molecular weight is 430 g/mol. The Morgan fingerprint density at radius 2 is 1.34 bits per heavy atom. The van der Waals surface area contributed by atoms with Crippen molar-refractivity contribution in [2.75, 3.05) is 6.66 Å². The van der Waals surface area contributed by atoms with Gasteiger partial charge < -0.3 is 0 Å². The summed E-state index contributed by atoms with van der Waals surface area (Å²) in [6.07, 6.45) is 19.4. The summed E-state index contributed by atoms with van der Waals surface area (Å²) in [6.45, 7) is 12.4. The molecular weight excluding hydrogens is 386 g/mol. The van der Waals surface area contributed by atoms with Crippen LogP contribution in [0.4, 0.5) is 0 Å². The zero-order valence-corrected chi connectivity index (χ0v) is 20.7. The van der Waals surface area contributed by atoms with Crippen LogP contribution >= 0.6 is 15.2 Å². The molecule has 0 N–H and O–H groups in total. The number of benzene rings is 1. The van der Waals surface area contributed by atoms with Crippen LogP contribution in [0.25, 0.3) is 0 Å². The zero-order valence-electron chi connectivity index (χ0n) is 18.9. The smallest absolute Gasteiger partial charge is 0.0970 e. The first-order valence-corrected chi connectivity index (χ1v) is 16.5. The lowest BCUT2D eigenvalue weighted by atomic mass is 9.99. The highest BCUT2D eigenvalue weighted by atomic mass is 31.2. The van der Waals surface area contributed by atoms with Gasteiger partial charge in [-0.1, -0.05) is 71.6 Å². The fourth-order valence-corrected chi connectivity index (χ4v) is 15.0. The molecule has 3 aliphatic carbocycles. The van der Waals surface area contributed by atoms with Gasteiger partial charge in [0, 0.05) is 5.92 Å². The lowest BCUT2D eigenvalue weighted by molar-refractivity contribution is 0.466. The lowest BCUT2D eigenvalue weighted by Crippen LogP contribution is -2.34. The lowest BCUT2D eigenvalue weighted by Gasteiger charge is -2.45. The van der Waals surface area contributed by atoms with Crippen molar-refractivity contribution in [1.82, 2.24) is 0 Å². The minimum Gasteiger partial charge on any atom is -0.0970 e. The maximum absolute atomic E-state index is 7.25. The van der Waals surface area contributed by atoms with E-state index in [0.717, 1.165) is 28.6 Å². The average Bonchev–Trinajstić information content (AvgIpc) is 3.27. The van der Waals surface area contributed by atoms with Crippen molar-refractivity contribution in [1.29, 1.82) is 0 Å². The molecule has 29 heavy (non-hydrogen) atoms. The second-order valence-electron chi connectivity index (χ2n) is 10.4. The first-order valence-electron chi connectivity index (χ1n) is 12.6. The van der Waals surface area contributed by atoms with E-state index in [0.29, 0.717) is 0 Å². The highest BCUT2D eigenvalue weighted by molar-refractivity contribution is 7.84. The summed E-state index contributed by atoms with van der Waals surface area (Å²) in [7, 11) is -1.41. The largest absolute Gasteiger partial charge is 0.155 e. The van der Waals surface area contributed by atoms with Gasteiger partial charge in [-0.25, -0.2) is 0 Å². The van der Waals surface area contributed by atoms with Crippen LogP contribution in [0.3, 0.4) is 0 Å². The Kier molecular flexibility index (Phi) is 7.78. The van der Waals surface area contributed by atoms with Gasteiger partial charge in [-0.15, -0.1) is 0 Å². The van der Waals surface area contributed by atoms with E-state index in [9.17, 15) is 0 Å². The topological polar surface area (TPSA) is 0 Å². The Morgan fingerprint density at radius 3 is 1.90 bits per heavy atom. The molecule has 2 heteroatoms. The van der Waals surface area contributed by atoms with Gasteiger partial charge in [0.25, 0.3) is 0 Å². The van der Waals surface area contributed by atoms with Gasteiger partial charge in [0.2, 0.25) is 0 Å². The van der Waals surface area contributed by atoms with E-state index >= 15 is 0 Å². The molecule has 0 heterocycles. The number of hydrogen-bond donors (Lipinski definition) is 0. The van der Waals surface area contributed by atoms with E-state index in [1.54, 1.807) is 0 Å². The van der Waals surface area contributed by atoms with Crippen LogP contribution in [0, 0.1) is 12.6 Å². The molecule has 0 aliphatic heterocycles. The van der Waals surface area contributed by atoms with Gasteiger partial charge in [-0.3, -0.25) is 0 Å². The molecule has 2 radical (unpaired) electrons. The van der Waals surface area contributed by atoms with Gasteiger partial charge in [-0.05, 0) is 74.1 Å². The molecule has 1 aromatic rings. The van der Waals surface area contributed by atoms with E-state index in [1.165, 1.54) is 88.8 Å². The first-order chi connectivity index (χ1) is 14.1. The molecular formula is C27H43P2+. The highest BCUT2D eigenvalue weighted by Gasteiger charge is 2.51. The van der Waals surface area contributed by atoms with Gasteiger partial charge in [0.15, 0.2) is 6.66 Å². The van der Waals surface area contributed by atoms with Gasteiger partial charge in [0.1, 0.15) is 0 Å². The third-order valence-corrected chi connectivity index (χ3v) is 16.1. The van der Waals surface area contributed by atoms with Crippen molar-refractivity contribution in [2.24, 2.45) is 5.92 Å². The monoisotopic (exact) mass is 429 g/mol. The Balaban J connectivity index is 1.57. The summed E-state index contributed by atoms with van der Waals surface area (Å²) in [5.41, 5.74) is 3.82. The van der Waals surface area contributed by atoms with E-state index in [-0.39, 0.29) is 7.92 Å². The molecule has 0 spiro atoms. The van der Waals surface area contributed by atoms with Crippen molar-refractivity contribution in [3.05, 3.63) is 37.0 Å². The maximum atomic E-state index is 7.25. The van der Waals surface area contributed by atoms with Crippen LogP contribution in [0.15, 0.2) is 30.3 Å². The summed E-state index contributed by atoms with van der Waals surface area (Å²) in [5.74, 6) is 0.883. The molecule has 3 fully saturated rings. The van der Waals surface area contributed by atoms with E-state index in [4.69, 9.17) is 6.66 Å². The zero-order chi connectivity index (χ0) is 20.3. The SMILES string of the molecule is [CH][P+](C)(c1ccccc1)[C@H]1CCCC1[C@@H](C)P(C1CCCCC1)C1CCCCC1. The Bertz CT molecular complexity index is 595. The van der Waals surface area contributed by atoms with Gasteiger partial charge in [0.05, 0.1) is 24.9 Å². The summed E-state index contributed by atoms with van der Waals surface area (Å²) >= 11 is 0. The molecule has 1 aromatic carbocycles. The molecule has 3 saturated carbocycles. The van der Waals surface area contributed by atoms with Crippen molar-refractivity contribution >= 4 is 20.5 Å². The molecule has 0 saturated heterocycles. The molecule has 0 amide bonds. The Hall–Kier alpha value is 0.0800. The molecule has 2 unspecified atom stereocenters. The predicted octanol–water partition coefficient (Wildman–Crippen LogP) is 8.33. The van der Waals surface area contributed by atoms with Crippen molar-refractivity contribution in [3.63, 3.8) is 0 Å². The predicted molar refractivity (Wildman–Crippen MR) is 134 cm³/mol. The summed E-state index contributed by atoms with van der Waals surface area (Å²) in [5, 5.41) is 1.46. The minimum atomic E-state index is -1.56. The normalized spacial score (nSPS) is 28.7. The number of hydrogen-bond acceptors (Lipinski definition) is 0. The standard InChI is InChI=1S/C27H43P2/c1-22(28(23-14-7-4-8-15-23)24-16-9-5-10-17-24)26-20-13-21-27(26)29(2,3)25-18-11-6-12-19-25/h2,6,11-12,18-19,22-24,26-27H,4-5,7-10,13-17,20-21H2,1,3H3/q+1/t22-,26?,27+,29?/m1/s1. The molecule has 4 atom stereocenters. The number of rotatable bonds is 6. The van der Waals surface area contributed by atoms with Crippen LogP contribution < -0.4 is 5.30 Å². The van der Waals surface area contributed by atoms with E-state index < -0.39 is 7.26 Å². The van der Waals surface area contributed by atoms with Crippen molar-refractivity contribution < 1.29 is 0 Å². The first kappa shape index (κ1) is 22.3. The molecule has 0 nitrogen and oxygen atoms in total. The van der Waals surface area contributed by atoms with Crippen LogP contribution in [0.5, 0.6) is 0 Å². The van der Waals surface area contributed by atoms with Crippen molar-refractivity contribution in [3.8, 4) is 0 Å². The highest BCUT2D eigenvalue weighted by Crippen LogP contribution is 2.68. The Morgan fingerprint density at radius 1 is 0.793 bits per heavy atom. The van der Waals surface area contributed by atoms with Crippen LogP contribution in [0.2, 0.25) is 0 Å². The summed E-state index contributed by atoms with van der Waals surface area (Å²) < 4.78 is 0. The third kappa shape index (κ3) is 4.96. The molecule has 3 aliphatic rings. The molecule has 160 valence electrons. The third-order valence-electron chi connectivity index (χ3n) is 8.62.